The Labute approximate surface area is 134 Å². The van der Waals surface area contributed by atoms with E-state index in [0.29, 0.717) is 23.3 Å². The van der Waals surface area contributed by atoms with Crippen molar-refractivity contribution in [3.63, 3.8) is 0 Å². The Hall–Kier alpha value is -1.92. The van der Waals surface area contributed by atoms with Gasteiger partial charge >= 0.3 is 0 Å². The second-order valence-electron chi connectivity index (χ2n) is 5.13. The van der Waals surface area contributed by atoms with Gasteiger partial charge in [-0.2, -0.15) is 10.1 Å². The number of nitrogens with zero attached hydrogens (tertiary/aromatic N) is 5. The molecule has 22 heavy (non-hydrogen) atoms. The summed E-state index contributed by atoms with van der Waals surface area (Å²) in [6.45, 7) is 6.37. The number of halogens is 1. The number of piperazine rings is 1. The van der Waals surface area contributed by atoms with Gasteiger partial charge in [-0.3, -0.25) is 9.91 Å². The Kier molecular flexibility index (Phi) is 4.70. The highest BCUT2D eigenvalue weighted by molar-refractivity contribution is 6.30. The highest BCUT2D eigenvalue weighted by Gasteiger charge is 2.18. The lowest BCUT2D eigenvalue weighted by molar-refractivity contribution is 0.128. The molecule has 3 rings (SSSR count). The Balaban J connectivity index is 1.59. The van der Waals surface area contributed by atoms with Gasteiger partial charge in [-0.1, -0.05) is 16.8 Å². The third kappa shape index (κ3) is 3.64. The molecule has 7 heteroatoms. The molecule has 1 saturated heterocycles. The van der Waals surface area contributed by atoms with Crippen molar-refractivity contribution in [2.45, 2.75) is 13.5 Å². The topological polar surface area (TPSA) is 57.8 Å². The SMILES string of the molecule is C/C=N\N1CCN(Cc2noc(-c3ccc(Cl)cc3)n2)CC1. The van der Waals surface area contributed by atoms with Gasteiger partial charge in [0.25, 0.3) is 5.89 Å². The minimum atomic E-state index is 0.529. The number of benzene rings is 1. The third-order valence-electron chi connectivity index (χ3n) is 3.55. The van der Waals surface area contributed by atoms with E-state index in [1.54, 1.807) is 0 Å². The Morgan fingerprint density at radius 3 is 2.64 bits per heavy atom. The van der Waals surface area contributed by atoms with Gasteiger partial charge in [0.05, 0.1) is 6.54 Å². The summed E-state index contributed by atoms with van der Waals surface area (Å²) in [5.74, 6) is 1.23. The normalized spacial score (nSPS) is 16.5. The van der Waals surface area contributed by atoms with Crippen LogP contribution in [0.4, 0.5) is 0 Å². The van der Waals surface area contributed by atoms with E-state index in [4.69, 9.17) is 16.1 Å². The maximum absolute atomic E-state index is 5.88. The highest BCUT2D eigenvalue weighted by Crippen LogP contribution is 2.20. The summed E-state index contributed by atoms with van der Waals surface area (Å²) in [6.07, 6.45) is 1.83. The zero-order chi connectivity index (χ0) is 15.4. The van der Waals surface area contributed by atoms with Gasteiger partial charge < -0.3 is 4.52 Å². The second-order valence-corrected chi connectivity index (χ2v) is 5.56. The van der Waals surface area contributed by atoms with Gasteiger partial charge in [0.1, 0.15) is 0 Å². The quantitative estimate of drug-likeness (QED) is 0.810. The molecule has 0 amide bonds. The second kappa shape index (κ2) is 6.89. The van der Waals surface area contributed by atoms with Crippen molar-refractivity contribution in [2.24, 2.45) is 5.10 Å². The lowest BCUT2D eigenvalue weighted by Crippen LogP contribution is -2.43. The van der Waals surface area contributed by atoms with Crippen LogP contribution in [-0.2, 0) is 6.54 Å². The van der Waals surface area contributed by atoms with Crippen LogP contribution in [0.5, 0.6) is 0 Å². The fourth-order valence-electron chi connectivity index (χ4n) is 2.40. The largest absolute Gasteiger partial charge is 0.334 e. The number of hydrazone groups is 1. The van der Waals surface area contributed by atoms with Crippen molar-refractivity contribution in [3.8, 4) is 11.5 Å². The molecule has 0 unspecified atom stereocenters. The molecule has 116 valence electrons. The Bertz CT molecular complexity index is 632. The van der Waals surface area contributed by atoms with E-state index in [0.717, 1.165) is 31.7 Å². The zero-order valence-corrected chi connectivity index (χ0v) is 13.2. The molecule has 0 saturated carbocycles. The number of rotatable bonds is 4. The molecule has 0 aliphatic carbocycles. The van der Waals surface area contributed by atoms with Gasteiger partial charge in [-0.25, -0.2) is 0 Å². The molecule has 0 radical (unpaired) electrons. The minimum Gasteiger partial charge on any atom is -0.334 e. The van der Waals surface area contributed by atoms with Crippen LogP contribution in [0.15, 0.2) is 33.9 Å². The fourth-order valence-corrected chi connectivity index (χ4v) is 2.53. The molecule has 0 atom stereocenters. The summed E-state index contributed by atoms with van der Waals surface area (Å²) in [7, 11) is 0. The van der Waals surface area contributed by atoms with Crippen LogP contribution in [0.25, 0.3) is 11.5 Å². The molecule has 1 aliphatic rings. The first-order chi connectivity index (χ1) is 10.7. The first kappa shape index (κ1) is 15.0. The van der Waals surface area contributed by atoms with Crippen LogP contribution < -0.4 is 0 Å². The monoisotopic (exact) mass is 319 g/mol. The van der Waals surface area contributed by atoms with Crippen LogP contribution in [0.2, 0.25) is 5.02 Å². The molecular weight excluding hydrogens is 302 g/mol. The van der Waals surface area contributed by atoms with E-state index < -0.39 is 0 Å². The summed E-state index contributed by atoms with van der Waals surface area (Å²) in [5.41, 5.74) is 0.880. The van der Waals surface area contributed by atoms with Crippen LogP contribution >= 0.6 is 11.6 Å². The zero-order valence-electron chi connectivity index (χ0n) is 12.4. The number of aromatic nitrogens is 2. The maximum atomic E-state index is 5.88. The van der Waals surface area contributed by atoms with Crippen molar-refractivity contribution in [1.29, 1.82) is 0 Å². The lowest BCUT2D eigenvalue weighted by atomic mass is 10.2. The number of hydrogen-bond donors (Lipinski definition) is 0. The third-order valence-corrected chi connectivity index (χ3v) is 3.80. The van der Waals surface area contributed by atoms with E-state index in [1.165, 1.54) is 0 Å². The summed E-state index contributed by atoms with van der Waals surface area (Å²) < 4.78 is 5.33. The molecule has 6 nitrogen and oxygen atoms in total. The average molecular weight is 320 g/mol. The van der Waals surface area contributed by atoms with Crippen LogP contribution in [0.1, 0.15) is 12.7 Å². The lowest BCUT2D eigenvalue weighted by Gasteiger charge is -2.32. The molecule has 1 aliphatic heterocycles. The van der Waals surface area contributed by atoms with Gasteiger partial charge in [-0.15, -0.1) is 0 Å². The molecule has 2 heterocycles. The molecule has 0 bridgehead atoms. The first-order valence-corrected chi connectivity index (χ1v) is 7.67. The minimum absolute atomic E-state index is 0.529. The van der Waals surface area contributed by atoms with E-state index >= 15 is 0 Å². The summed E-state index contributed by atoms with van der Waals surface area (Å²) in [5, 5.41) is 11.1. The molecule has 0 spiro atoms. The highest BCUT2D eigenvalue weighted by atomic mass is 35.5. The van der Waals surface area contributed by atoms with Gasteiger partial charge in [-0.05, 0) is 31.2 Å². The summed E-state index contributed by atoms with van der Waals surface area (Å²) in [6, 6.07) is 7.38. The Morgan fingerprint density at radius 2 is 1.95 bits per heavy atom. The van der Waals surface area contributed by atoms with E-state index in [2.05, 4.69) is 25.2 Å². The predicted octanol–water partition coefficient (Wildman–Crippen LogP) is 2.51. The number of hydrogen-bond acceptors (Lipinski definition) is 6. The van der Waals surface area contributed by atoms with Gasteiger partial charge in [0, 0.05) is 43.0 Å². The van der Waals surface area contributed by atoms with Gasteiger partial charge in [0.2, 0.25) is 0 Å². The fraction of sp³-hybridized carbons (Fsp3) is 0.400. The van der Waals surface area contributed by atoms with E-state index in [-0.39, 0.29) is 0 Å². The van der Waals surface area contributed by atoms with Crippen LogP contribution in [-0.4, -0.2) is 52.4 Å². The van der Waals surface area contributed by atoms with Crippen molar-refractivity contribution >= 4 is 17.8 Å². The van der Waals surface area contributed by atoms with E-state index in [9.17, 15) is 0 Å². The molecule has 1 fully saturated rings. The maximum Gasteiger partial charge on any atom is 0.257 e. The molecular formula is C15H18ClN5O. The average Bonchev–Trinajstić information content (AvgIpc) is 2.99. The molecule has 1 aromatic heterocycles. The standard InChI is InChI=1S/C15H18ClN5O/c1-2-17-21-9-7-20(8-10-21)11-14-18-15(22-19-14)12-3-5-13(16)6-4-12/h2-6H,7-11H2,1H3/b17-2-. The van der Waals surface area contributed by atoms with Crippen molar-refractivity contribution in [1.82, 2.24) is 20.0 Å². The first-order valence-electron chi connectivity index (χ1n) is 7.29. The van der Waals surface area contributed by atoms with Gasteiger partial charge in [0.15, 0.2) is 5.82 Å². The smallest absolute Gasteiger partial charge is 0.257 e. The molecule has 0 N–H and O–H groups in total. The molecule has 2 aromatic rings. The van der Waals surface area contributed by atoms with Crippen molar-refractivity contribution in [3.05, 3.63) is 35.1 Å². The van der Waals surface area contributed by atoms with Crippen molar-refractivity contribution < 1.29 is 4.52 Å². The summed E-state index contributed by atoms with van der Waals surface area (Å²) >= 11 is 5.88. The Morgan fingerprint density at radius 1 is 1.23 bits per heavy atom. The van der Waals surface area contributed by atoms with Crippen LogP contribution in [0, 0.1) is 0 Å². The summed E-state index contributed by atoms with van der Waals surface area (Å²) in [4.78, 5) is 6.76. The van der Waals surface area contributed by atoms with Crippen molar-refractivity contribution in [2.75, 3.05) is 26.2 Å². The van der Waals surface area contributed by atoms with Crippen LogP contribution in [0.3, 0.4) is 0 Å². The predicted molar refractivity (Wildman–Crippen MR) is 85.8 cm³/mol. The van der Waals surface area contributed by atoms with E-state index in [1.807, 2.05) is 37.4 Å². The molecule has 1 aromatic carbocycles.